The molecule has 0 aliphatic carbocycles. The van der Waals surface area contributed by atoms with Crippen LogP contribution in [0.4, 0.5) is 11.4 Å². The van der Waals surface area contributed by atoms with Crippen LogP contribution >= 0.6 is 15.9 Å². The maximum atomic E-state index is 5.96. The lowest BCUT2D eigenvalue weighted by Gasteiger charge is -2.12. The van der Waals surface area contributed by atoms with Gasteiger partial charge in [0.1, 0.15) is 0 Å². The molecule has 0 fully saturated rings. The van der Waals surface area contributed by atoms with Gasteiger partial charge in [0, 0.05) is 17.6 Å². The third-order valence-corrected chi connectivity index (χ3v) is 3.07. The molecule has 0 atom stereocenters. The molecule has 0 aliphatic rings. The largest absolute Gasteiger partial charge is 0.397 e. The summed E-state index contributed by atoms with van der Waals surface area (Å²) in [5.41, 5.74) is 8.79. The summed E-state index contributed by atoms with van der Waals surface area (Å²) in [7, 11) is 0. The van der Waals surface area contributed by atoms with Gasteiger partial charge in [-0.2, -0.15) is 0 Å². The number of rotatable bonds is 5. The average Bonchev–Trinajstić information content (AvgIpc) is 2.24. The van der Waals surface area contributed by atoms with Gasteiger partial charge >= 0.3 is 0 Å². The predicted molar refractivity (Wildman–Crippen MR) is 68.3 cm³/mol. The van der Waals surface area contributed by atoms with Gasteiger partial charge in [0.05, 0.1) is 18.0 Å². The molecule has 1 aromatic rings. The number of nitrogen functional groups attached to an aromatic ring is 1. The zero-order valence-electron chi connectivity index (χ0n) is 9.14. The molecule has 0 aliphatic heterocycles. The van der Waals surface area contributed by atoms with E-state index in [9.17, 15) is 0 Å². The topological polar surface area (TPSA) is 47.3 Å². The summed E-state index contributed by atoms with van der Waals surface area (Å²) >= 11 is 3.44. The molecule has 15 heavy (non-hydrogen) atoms. The van der Waals surface area contributed by atoms with Crippen molar-refractivity contribution in [2.45, 2.75) is 13.8 Å². The van der Waals surface area contributed by atoms with Crippen molar-refractivity contribution in [3.05, 3.63) is 22.2 Å². The normalized spacial score (nSPS) is 10.3. The zero-order valence-corrected chi connectivity index (χ0v) is 10.7. The van der Waals surface area contributed by atoms with Gasteiger partial charge < -0.3 is 15.8 Å². The van der Waals surface area contributed by atoms with E-state index < -0.39 is 0 Å². The lowest BCUT2D eigenvalue weighted by Crippen LogP contribution is -2.11. The SMILES string of the molecule is CCOCCNc1ccc(Br)c(C)c1N. The van der Waals surface area contributed by atoms with Crippen LogP contribution in [0.3, 0.4) is 0 Å². The molecule has 0 radical (unpaired) electrons. The van der Waals surface area contributed by atoms with Crippen molar-refractivity contribution in [2.24, 2.45) is 0 Å². The van der Waals surface area contributed by atoms with Crippen molar-refractivity contribution in [3.8, 4) is 0 Å². The predicted octanol–water partition coefficient (Wildman–Crippen LogP) is 2.79. The summed E-state index contributed by atoms with van der Waals surface area (Å²) in [4.78, 5) is 0. The first-order chi connectivity index (χ1) is 7.16. The lowest BCUT2D eigenvalue weighted by molar-refractivity contribution is 0.158. The second-order valence-electron chi connectivity index (χ2n) is 3.26. The molecule has 0 heterocycles. The van der Waals surface area contributed by atoms with Gasteiger partial charge in [0.2, 0.25) is 0 Å². The van der Waals surface area contributed by atoms with Gasteiger partial charge in [-0.1, -0.05) is 15.9 Å². The van der Waals surface area contributed by atoms with E-state index in [1.165, 1.54) is 0 Å². The molecule has 1 aromatic carbocycles. The molecule has 0 aromatic heterocycles. The molecule has 84 valence electrons. The van der Waals surface area contributed by atoms with Gasteiger partial charge in [-0.05, 0) is 31.5 Å². The second-order valence-corrected chi connectivity index (χ2v) is 4.11. The molecule has 3 nitrogen and oxygen atoms in total. The van der Waals surface area contributed by atoms with E-state index in [2.05, 4.69) is 21.2 Å². The van der Waals surface area contributed by atoms with Crippen molar-refractivity contribution < 1.29 is 4.74 Å². The Balaban J connectivity index is 2.58. The third-order valence-electron chi connectivity index (χ3n) is 2.21. The zero-order chi connectivity index (χ0) is 11.3. The van der Waals surface area contributed by atoms with Gasteiger partial charge in [-0.15, -0.1) is 0 Å². The van der Waals surface area contributed by atoms with E-state index in [1.54, 1.807) is 0 Å². The quantitative estimate of drug-likeness (QED) is 0.640. The van der Waals surface area contributed by atoms with E-state index in [0.29, 0.717) is 6.61 Å². The summed E-state index contributed by atoms with van der Waals surface area (Å²) in [5.74, 6) is 0. The molecular formula is C11H17BrN2O. The highest BCUT2D eigenvalue weighted by molar-refractivity contribution is 9.10. The molecular weight excluding hydrogens is 256 g/mol. The Kier molecular flexibility index (Phi) is 4.91. The minimum Gasteiger partial charge on any atom is -0.397 e. The Labute approximate surface area is 99.1 Å². The first-order valence-electron chi connectivity index (χ1n) is 5.03. The number of hydrogen-bond donors (Lipinski definition) is 2. The fraction of sp³-hybridized carbons (Fsp3) is 0.455. The van der Waals surface area contributed by atoms with Crippen molar-refractivity contribution in [1.29, 1.82) is 0 Å². The fourth-order valence-electron chi connectivity index (χ4n) is 1.26. The summed E-state index contributed by atoms with van der Waals surface area (Å²) in [6.07, 6.45) is 0. The van der Waals surface area contributed by atoms with E-state index >= 15 is 0 Å². The Bertz CT molecular complexity index is 329. The number of nitrogens with two attached hydrogens (primary N) is 1. The van der Waals surface area contributed by atoms with Crippen LogP contribution in [0.5, 0.6) is 0 Å². The maximum Gasteiger partial charge on any atom is 0.0638 e. The van der Waals surface area contributed by atoms with E-state index in [0.717, 1.165) is 34.6 Å². The highest BCUT2D eigenvalue weighted by Gasteiger charge is 2.04. The van der Waals surface area contributed by atoms with Crippen LogP contribution in [-0.2, 0) is 4.74 Å². The molecule has 0 bridgehead atoms. The van der Waals surface area contributed by atoms with Gasteiger partial charge in [-0.25, -0.2) is 0 Å². The molecule has 0 amide bonds. The summed E-state index contributed by atoms with van der Waals surface area (Å²) in [6.45, 7) is 6.20. The molecule has 0 saturated heterocycles. The lowest BCUT2D eigenvalue weighted by atomic mass is 10.2. The van der Waals surface area contributed by atoms with Gasteiger partial charge in [0.25, 0.3) is 0 Å². The van der Waals surface area contributed by atoms with Crippen LogP contribution in [-0.4, -0.2) is 19.8 Å². The Morgan fingerprint density at radius 1 is 1.47 bits per heavy atom. The van der Waals surface area contributed by atoms with E-state index in [1.807, 2.05) is 26.0 Å². The van der Waals surface area contributed by atoms with Crippen molar-refractivity contribution >= 4 is 27.3 Å². The molecule has 0 spiro atoms. The van der Waals surface area contributed by atoms with Crippen LogP contribution < -0.4 is 11.1 Å². The van der Waals surface area contributed by atoms with Crippen molar-refractivity contribution in [2.75, 3.05) is 30.8 Å². The van der Waals surface area contributed by atoms with E-state index in [4.69, 9.17) is 10.5 Å². The molecule has 3 N–H and O–H groups in total. The minimum absolute atomic E-state index is 0.699. The summed E-state index contributed by atoms with van der Waals surface area (Å²) in [5, 5.41) is 3.24. The highest BCUT2D eigenvalue weighted by atomic mass is 79.9. The number of ether oxygens (including phenoxy) is 1. The Morgan fingerprint density at radius 3 is 2.87 bits per heavy atom. The number of hydrogen-bond acceptors (Lipinski definition) is 3. The number of halogens is 1. The fourth-order valence-corrected chi connectivity index (χ4v) is 1.60. The first-order valence-corrected chi connectivity index (χ1v) is 5.82. The first kappa shape index (κ1) is 12.3. The Morgan fingerprint density at radius 2 is 2.20 bits per heavy atom. The van der Waals surface area contributed by atoms with Gasteiger partial charge in [0.15, 0.2) is 0 Å². The number of benzene rings is 1. The van der Waals surface area contributed by atoms with Crippen molar-refractivity contribution in [1.82, 2.24) is 0 Å². The van der Waals surface area contributed by atoms with Crippen LogP contribution in [0.1, 0.15) is 12.5 Å². The number of nitrogens with one attached hydrogen (secondary N) is 1. The minimum atomic E-state index is 0.699. The third kappa shape index (κ3) is 3.39. The number of anilines is 2. The van der Waals surface area contributed by atoms with Gasteiger partial charge in [-0.3, -0.25) is 0 Å². The van der Waals surface area contributed by atoms with E-state index in [-0.39, 0.29) is 0 Å². The second kappa shape index (κ2) is 5.98. The van der Waals surface area contributed by atoms with Crippen LogP contribution in [0.2, 0.25) is 0 Å². The van der Waals surface area contributed by atoms with Crippen LogP contribution in [0, 0.1) is 6.92 Å². The molecule has 0 saturated carbocycles. The smallest absolute Gasteiger partial charge is 0.0638 e. The highest BCUT2D eigenvalue weighted by Crippen LogP contribution is 2.28. The standard InChI is InChI=1S/C11H17BrN2O/c1-3-15-7-6-14-10-5-4-9(12)8(2)11(10)13/h4-5,14H,3,6-7,13H2,1-2H3. The molecule has 0 unspecified atom stereocenters. The van der Waals surface area contributed by atoms with Crippen LogP contribution in [0.25, 0.3) is 0 Å². The maximum absolute atomic E-state index is 5.96. The molecule has 1 rings (SSSR count). The summed E-state index contributed by atoms with van der Waals surface area (Å²) in [6, 6.07) is 3.97. The van der Waals surface area contributed by atoms with Crippen molar-refractivity contribution in [3.63, 3.8) is 0 Å². The summed E-state index contributed by atoms with van der Waals surface area (Å²) < 4.78 is 6.27. The Hall–Kier alpha value is -0.740. The molecule has 4 heteroatoms. The average molecular weight is 273 g/mol. The monoisotopic (exact) mass is 272 g/mol. The van der Waals surface area contributed by atoms with Crippen LogP contribution in [0.15, 0.2) is 16.6 Å².